The summed E-state index contributed by atoms with van der Waals surface area (Å²) in [6.45, 7) is 1.40. The van der Waals surface area contributed by atoms with Gasteiger partial charge in [0.1, 0.15) is 18.2 Å². The summed E-state index contributed by atoms with van der Waals surface area (Å²) < 4.78 is 51.4. The lowest BCUT2D eigenvalue weighted by Gasteiger charge is -2.20. The topological polar surface area (TPSA) is 102 Å². The summed E-state index contributed by atoms with van der Waals surface area (Å²) in [5, 5.41) is 5.57. The zero-order chi connectivity index (χ0) is 26.4. The lowest BCUT2D eigenvalue weighted by Crippen LogP contribution is -2.30. The molecule has 1 aliphatic rings. The van der Waals surface area contributed by atoms with Gasteiger partial charge in [0, 0.05) is 30.2 Å². The number of amides is 1. The number of hydrogen-bond donors (Lipinski definition) is 2. The molecule has 0 bridgehead atoms. The second-order valence-corrected chi connectivity index (χ2v) is 8.57. The minimum Gasteiger partial charge on any atom is -0.492 e. The van der Waals surface area contributed by atoms with Gasteiger partial charge in [0.15, 0.2) is 0 Å². The number of alkyl halides is 3. The van der Waals surface area contributed by atoms with Crippen LogP contribution >= 0.6 is 0 Å². The molecule has 3 heterocycles. The maximum atomic E-state index is 13.6. The monoisotopic (exact) mass is 516 g/mol. The molecular weight excluding hydrogens is 489 g/mol. The molecule has 9 nitrogen and oxygen atoms in total. The van der Waals surface area contributed by atoms with Crippen LogP contribution < -0.4 is 20.1 Å². The molecule has 1 aliphatic heterocycles. The van der Waals surface area contributed by atoms with Crippen molar-refractivity contribution < 1.29 is 27.4 Å². The quantitative estimate of drug-likeness (QED) is 0.436. The normalized spacial score (nSPS) is 15.9. The third-order valence-electron chi connectivity index (χ3n) is 5.97. The van der Waals surface area contributed by atoms with Gasteiger partial charge in [-0.05, 0) is 56.8 Å². The largest absolute Gasteiger partial charge is 0.492 e. The summed E-state index contributed by atoms with van der Waals surface area (Å²) >= 11 is 0. The molecule has 3 aromatic rings. The van der Waals surface area contributed by atoms with Gasteiger partial charge in [-0.1, -0.05) is 0 Å². The number of benzene rings is 1. The number of nitrogens with one attached hydrogen (secondary N) is 2. The van der Waals surface area contributed by atoms with Crippen LogP contribution in [0.15, 0.2) is 48.8 Å². The molecule has 2 N–H and O–H groups in total. The molecule has 37 heavy (non-hydrogen) atoms. The first kappa shape index (κ1) is 26.1. The highest BCUT2D eigenvalue weighted by atomic mass is 19.4. The van der Waals surface area contributed by atoms with E-state index in [0.29, 0.717) is 5.69 Å². The third kappa shape index (κ3) is 6.85. The number of hydrogen-bond acceptors (Lipinski definition) is 8. The Kier molecular flexibility index (Phi) is 8.07. The van der Waals surface area contributed by atoms with Crippen molar-refractivity contribution in [3.63, 3.8) is 0 Å². The molecule has 1 amide bonds. The van der Waals surface area contributed by atoms with Crippen molar-refractivity contribution in [2.24, 2.45) is 0 Å². The van der Waals surface area contributed by atoms with Gasteiger partial charge in [0.2, 0.25) is 0 Å². The summed E-state index contributed by atoms with van der Waals surface area (Å²) in [4.78, 5) is 27.5. The Labute approximate surface area is 212 Å². The molecule has 4 rings (SSSR count). The SMILES string of the molecule is COc1nccc(CNc2ncccc2C(=O)Nc2cc(OC[C@@H]3CCCN3C)cc(C(F)(F)F)c2)n1. The Morgan fingerprint density at radius 2 is 2.03 bits per heavy atom. The molecule has 1 saturated heterocycles. The Balaban J connectivity index is 1.50. The van der Waals surface area contributed by atoms with Crippen LogP contribution in [0.25, 0.3) is 0 Å². The predicted molar refractivity (Wildman–Crippen MR) is 131 cm³/mol. The van der Waals surface area contributed by atoms with Gasteiger partial charge >= 0.3 is 12.2 Å². The first-order valence-corrected chi connectivity index (χ1v) is 11.6. The van der Waals surface area contributed by atoms with Gasteiger partial charge in [-0.3, -0.25) is 4.79 Å². The van der Waals surface area contributed by atoms with E-state index in [0.717, 1.165) is 31.5 Å². The second kappa shape index (κ2) is 11.4. The predicted octanol–water partition coefficient (Wildman–Crippen LogP) is 4.24. The van der Waals surface area contributed by atoms with Gasteiger partial charge in [-0.15, -0.1) is 0 Å². The number of anilines is 2. The molecule has 1 aromatic carbocycles. The molecule has 0 saturated carbocycles. The molecular formula is C25H27F3N6O3. The summed E-state index contributed by atoms with van der Waals surface area (Å²) in [7, 11) is 3.41. The first-order chi connectivity index (χ1) is 17.7. The van der Waals surface area contributed by atoms with Crippen molar-refractivity contribution in [2.75, 3.05) is 37.9 Å². The molecule has 2 aromatic heterocycles. The number of halogens is 3. The number of carbonyl (C=O) groups is 1. The zero-order valence-corrected chi connectivity index (χ0v) is 20.4. The van der Waals surface area contributed by atoms with E-state index in [1.54, 1.807) is 12.1 Å². The fourth-order valence-corrected chi connectivity index (χ4v) is 3.98. The maximum Gasteiger partial charge on any atom is 0.416 e. The zero-order valence-electron chi connectivity index (χ0n) is 20.4. The van der Waals surface area contributed by atoms with E-state index in [-0.39, 0.29) is 48.0 Å². The van der Waals surface area contributed by atoms with Gasteiger partial charge < -0.3 is 25.0 Å². The third-order valence-corrected chi connectivity index (χ3v) is 5.97. The van der Waals surface area contributed by atoms with Crippen LogP contribution in [0, 0.1) is 0 Å². The summed E-state index contributed by atoms with van der Waals surface area (Å²) in [6.07, 6.45) is 0.351. The average molecular weight is 517 g/mol. The highest BCUT2D eigenvalue weighted by Gasteiger charge is 2.32. The van der Waals surface area contributed by atoms with Crippen molar-refractivity contribution in [1.29, 1.82) is 0 Å². The number of pyridine rings is 1. The Hall–Kier alpha value is -3.93. The van der Waals surface area contributed by atoms with Crippen molar-refractivity contribution in [2.45, 2.75) is 31.6 Å². The van der Waals surface area contributed by atoms with Gasteiger partial charge in [-0.2, -0.15) is 18.2 Å². The molecule has 0 unspecified atom stereocenters. The summed E-state index contributed by atoms with van der Waals surface area (Å²) in [5.41, 5.74) is -0.209. The average Bonchev–Trinajstić information content (AvgIpc) is 3.30. The van der Waals surface area contributed by atoms with Crippen LogP contribution in [0.1, 0.15) is 34.5 Å². The smallest absolute Gasteiger partial charge is 0.416 e. The molecule has 1 fully saturated rings. The molecule has 0 aliphatic carbocycles. The van der Waals surface area contributed by atoms with Crippen molar-refractivity contribution in [1.82, 2.24) is 19.9 Å². The standard InChI is InChI=1S/C25H27F3N6O3/c1-34-10-4-5-19(34)15-37-20-12-16(25(26,27)28)11-18(13-20)32-23(35)21-6-3-8-29-22(21)31-14-17-7-9-30-24(33-17)36-2/h3,6-9,11-13,19H,4-5,10,14-15H2,1-2H3,(H,29,31)(H,32,35)/t19-/m0/s1. The maximum absolute atomic E-state index is 13.6. The highest BCUT2D eigenvalue weighted by Crippen LogP contribution is 2.34. The minimum absolute atomic E-state index is 0.0349. The van der Waals surface area contributed by atoms with Crippen molar-refractivity contribution >= 4 is 17.4 Å². The summed E-state index contributed by atoms with van der Waals surface area (Å²) in [5.74, 6) is -0.352. The second-order valence-electron chi connectivity index (χ2n) is 8.57. The van der Waals surface area contributed by atoms with E-state index in [2.05, 4.69) is 30.5 Å². The lowest BCUT2D eigenvalue weighted by molar-refractivity contribution is -0.137. The first-order valence-electron chi connectivity index (χ1n) is 11.6. The van der Waals surface area contributed by atoms with Gasteiger partial charge in [-0.25, -0.2) is 9.97 Å². The van der Waals surface area contributed by atoms with Crippen LogP contribution in [0.2, 0.25) is 0 Å². The van der Waals surface area contributed by atoms with Gasteiger partial charge in [0.05, 0.1) is 30.5 Å². The van der Waals surface area contributed by atoms with E-state index >= 15 is 0 Å². The Morgan fingerprint density at radius 3 is 2.76 bits per heavy atom. The number of rotatable bonds is 9. The van der Waals surface area contributed by atoms with Crippen LogP contribution in [0.5, 0.6) is 11.8 Å². The number of methoxy groups -OCH3 is 1. The van der Waals surface area contributed by atoms with Crippen LogP contribution in [0.3, 0.4) is 0 Å². The number of likely N-dealkylation sites (tertiary alicyclic amines) is 1. The lowest BCUT2D eigenvalue weighted by atomic mass is 10.1. The Morgan fingerprint density at radius 1 is 1.19 bits per heavy atom. The van der Waals surface area contributed by atoms with Crippen LogP contribution in [-0.4, -0.2) is 59.1 Å². The van der Waals surface area contributed by atoms with E-state index in [4.69, 9.17) is 9.47 Å². The molecule has 0 radical (unpaired) electrons. The fraction of sp³-hybridized carbons (Fsp3) is 0.360. The number of ether oxygens (including phenoxy) is 2. The fourth-order valence-electron chi connectivity index (χ4n) is 3.98. The number of carbonyl (C=O) groups excluding carboxylic acids is 1. The van der Waals surface area contributed by atoms with Crippen molar-refractivity contribution in [3.8, 4) is 11.8 Å². The van der Waals surface area contributed by atoms with Crippen molar-refractivity contribution in [3.05, 3.63) is 65.6 Å². The Bertz CT molecular complexity index is 1240. The van der Waals surface area contributed by atoms with E-state index in [9.17, 15) is 18.0 Å². The number of likely N-dealkylation sites (N-methyl/N-ethyl adjacent to an activating group) is 1. The minimum atomic E-state index is -4.61. The molecule has 0 spiro atoms. The molecule has 196 valence electrons. The number of aromatic nitrogens is 3. The molecule has 12 heteroatoms. The van der Waals surface area contributed by atoms with E-state index < -0.39 is 17.6 Å². The number of nitrogens with zero attached hydrogens (tertiary/aromatic N) is 4. The van der Waals surface area contributed by atoms with E-state index in [1.165, 1.54) is 31.6 Å². The molecule has 1 atom stereocenters. The van der Waals surface area contributed by atoms with E-state index in [1.807, 2.05) is 7.05 Å². The summed E-state index contributed by atoms with van der Waals surface area (Å²) in [6, 6.07) is 8.29. The van der Waals surface area contributed by atoms with Crippen LogP contribution in [-0.2, 0) is 12.7 Å². The van der Waals surface area contributed by atoms with Gasteiger partial charge in [0.25, 0.3) is 5.91 Å². The highest BCUT2D eigenvalue weighted by molar-refractivity contribution is 6.07. The van der Waals surface area contributed by atoms with Crippen LogP contribution in [0.4, 0.5) is 24.7 Å².